The normalized spacial score (nSPS) is 12.3. The summed E-state index contributed by atoms with van der Waals surface area (Å²) in [5.41, 5.74) is 2.27. The van der Waals surface area contributed by atoms with Gasteiger partial charge in [0.25, 0.3) is 5.91 Å². The van der Waals surface area contributed by atoms with Crippen LogP contribution < -0.4 is 5.32 Å². The van der Waals surface area contributed by atoms with Gasteiger partial charge in [-0.1, -0.05) is 48.5 Å². The highest BCUT2D eigenvalue weighted by molar-refractivity contribution is 7.84. The van der Waals surface area contributed by atoms with Gasteiger partial charge in [-0.25, -0.2) is 0 Å². The molecule has 0 saturated heterocycles. The minimum absolute atomic E-state index is 0.239. The SMILES string of the molecule is Cc1ccccc1[S@@](=O)Cc1ccc(C(=O)NCCCN(Cc2ccccc2)C(C)C)o1. The van der Waals surface area contributed by atoms with Gasteiger partial charge in [-0.2, -0.15) is 0 Å². The predicted octanol–water partition coefficient (Wildman–Crippen LogP) is 4.93. The fraction of sp³-hybridized carbons (Fsp3) is 0.346. The fourth-order valence-electron chi connectivity index (χ4n) is 3.51. The summed E-state index contributed by atoms with van der Waals surface area (Å²) in [6, 6.07) is 21.8. The lowest BCUT2D eigenvalue weighted by molar-refractivity contribution is 0.0921. The van der Waals surface area contributed by atoms with Gasteiger partial charge in [0, 0.05) is 30.6 Å². The third-order valence-corrected chi connectivity index (χ3v) is 6.86. The van der Waals surface area contributed by atoms with Crippen molar-refractivity contribution in [2.24, 2.45) is 0 Å². The molecule has 0 aliphatic heterocycles. The molecule has 0 aliphatic carbocycles. The van der Waals surface area contributed by atoms with Crippen LogP contribution in [0.15, 0.2) is 76.0 Å². The molecule has 1 atom stereocenters. The predicted molar refractivity (Wildman–Crippen MR) is 129 cm³/mol. The van der Waals surface area contributed by atoms with Crippen LogP contribution in [-0.2, 0) is 23.1 Å². The number of benzene rings is 2. The number of hydrogen-bond acceptors (Lipinski definition) is 4. The van der Waals surface area contributed by atoms with Gasteiger partial charge in [-0.3, -0.25) is 13.9 Å². The molecular weight excluding hydrogens is 420 g/mol. The van der Waals surface area contributed by atoms with E-state index in [2.05, 4.69) is 48.3 Å². The highest BCUT2D eigenvalue weighted by Gasteiger charge is 2.15. The Balaban J connectivity index is 1.45. The van der Waals surface area contributed by atoms with Crippen LogP contribution in [0.5, 0.6) is 0 Å². The van der Waals surface area contributed by atoms with Crippen molar-refractivity contribution in [3.8, 4) is 0 Å². The van der Waals surface area contributed by atoms with E-state index >= 15 is 0 Å². The molecule has 0 bridgehead atoms. The molecule has 0 spiro atoms. The summed E-state index contributed by atoms with van der Waals surface area (Å²) in [7, 11) is -1.21. The van der Waals surface area contributed by atoms with Crippen molar-refractivity contribution >= 4 is 16.7 Å². The van der Waals surface area contributed by atoms with Crippen LogP contribution in [0, 0.1) is 6.92 Å². The first-order valence-electron chi connectivity index (χ1n) is 11.0. The van der Waals surface area contributed by atoms with Crippen molar-refractivity contribution in [1.82, 2.24) is 10.2 Å². The van der Waals surface area contributed by atoms with Crippen molar-refractivity contribution in [1.29, 1.82) is 0 Å². The van der Waals surface area contributed by atoms with E-state index in [1.165, 1.54) is 5.56 Å². The Morgan fingerprint density at radius 3 is 2.47 bits per heavy atom. The molecule has 3 rings (SSSR count). The summed E-state index contributed by atoms with van der Waals surface area (Å²) in [4.78, 5) is 15.6. The second-order valence-electron chi connectivity index (χ2n) is 8.18. The van der Waals surface area contributed by atoms with E-state index < -0.39 is 10.8 Å². The van der Waals surface area contributed by atoms with Gasteiger partial charge in [0.05, 0.1) is 16.6 Å². The van der Waals surface area contributed by atoms with Crippen molar-refractivity contribution in [2.75, 3.05) is 13.1 Å². The van der Waals surface area contributed by atoms with E-state index in [1.54, 1.807) is 12.1 Å². The lowest BCUT2D eigenvalue weighted by atomic mass is 10.2. The monoisotopic (exact) mass is 452 g/mol. The Bertz CT molecular complexity index is 1030. The lowest BCUT2D eigenvalue weighted by Crippen LogP contribution is -2.34. The third kappa shape index (κ3) is 6.90. The molecule has 32 heavy (non-hydrogen) atoms. The van der Waals surface area contributed by atoms with Gasteiger partial charge in [-0.05, 0) is 56.5 Å². The summed E-state index contributed by atoms with van der Waals surface area (Å²) >= 11 is 0. The zero-order valence-corrected chi connectivity index (χ0v) is 19.9. The largest absolute Gasteiger partial charge is 0.455 e. The Hall–Kier alpha value is -2.70. The van der Waals surface area contributed by atoms with Gasteiger partial charge in [0.1, 0.15) is 5.76 Å². The van der Waals surface area contributed by atoms with Gasteiger partial charge < -0.3 is 9.73 Å². The topological polar surface area (TPSA) is 62.6 Å². The molecule has 1 N–H and O–H groups in total. The number of amides is 1. The second-order valence-corrected chi connectivity index (χ2v) is 9.60. The Morgan fingerprint density at radius 1 is 1.03 bits per heavy atom. The molecule has 1 amide bonds. The van der Waals surface area contributed by atoms with Crippen molar-refractivity contribution < 1.29 is 13.4 Å². The van der Waals surface area contributed by atoms with E-state index in [0.717, 1.165) is 30.0 Å². The van der Waals surface area contributed by atoms with E-state index in [-0.39, 0.29) is 17.4 Å². The van der Waals surface area contributed by atoms with Gasteiger partial charge in [0.2, 0.25) is 0 Å². The smallest absolute Gasteiger partial charge is 0.286 e. The first-order chi connectivity index (χ1) is 15.4. The highest BCUT2D eigenvalue weighted by Crippen LogP contribution is 2.18. The van der Waals surface area contributed by atoms with E-state index in [9.17, 15) is 9.00 Å². The van der Waals surface area contributed by atoms with E-state index in [0.29, 0.717) is 18.3 Å². The molecule has 0 aliphatic rings. The van der Waals surface area contributed by atoms with Crippen LogP contribution in [0.25, 0.3) is 0 Å². The molecule has 0 fully saturated rings. The van der Waals surface area contributed by atoms with E-state index in [1.807, 2.05) is 37.3 Å². The van der Waals surface area contributed by atoms with Crippen molar-refractivity contribution in [3.63, 3.8) is 0 Å². The maximum Gasteiger partial charge on any atom is 0.286 e. The lowest BCUT2D eigenvalue weighted by Gasteiger charge is -2.26. The number of furan rings is 1. The number of hydrogen-bond donors (Lipinski definition) is 1. The van der Waals surface area contributed by atoms with Crippen LogP contribution in [0.3, 0.4) is 0 Å². The number of carbonyl (C=O) groups excluding carboxylic acids is 1. The maximum absolute atomic E-state index is 12.6. The summed E-state index contributed by atoms with van der Waals surface area (Å²) in [6.45, 7) is 8.67. The molecule has 170 valence electrons. The first kappa shape index (κ1) is 24.0. The van der Waals surface area contributed by atoms with Crippen LogP contribution >= 0.6 is 0 Å². The van der Waals surface area contributed by atoms with Crippen LogP contribution in [0.2, 0.25) is 0 Å². The average molecular weight is 453 g/mol. The van der Waals surface area contributed by atoms with Crippen molar-refractivity contribution in [2.45, 2.75) is 50.4 Å². The molecule has 1 heterocycles. The number of carbonyl (C=O) groups is 1. The number of nitrogens with one attached hydrogen (secondary N) is 1. The Labute approximate surface area is 193 Å². The standard InChI is InChI=1S/C26H32N2O3S/c1-20(2)28(18-22-11-5-4-6-12-22)17-9-16-27-26(29)24-15-14-23(31-24)19-32(30)25-13-8-7-10-21(25)3/h4-8,10-15,20H,9,16-19H2,1-3H3,(H,27,29)/t32-/m0/s1. The van der Waals surface area contributed by atoms with Crippen LogP contribution in [0.1, 0.15) is 47.7 Å². The summed E-state index contributed by atoms with van der Waals surface area (Å²) in [6.07, 6.45) is 0.849. The van der Waals surface area contributed by atoms with Gasteiger partial charge in [-0.15, -0.1) is 0 Å². The van der Waals surface area contributed by atoms with Crippen LogP contribution in [-0.4, -0.2) is 34.1 Å². The quantitative estimate of drug-likeness (QED) is 0.419. The molecule has 0 saturated carbocycles. The highest BCUT2D eigenvalue weighted by atomic mass is 32.2. The zero-order chi connectivity index (χ0) is 22.9. The molecule has 2 aromatic carbocycles. The third-order valence-electron chi connectivity index (χ3n) is 5.36. The van der Waals surface area contributed by atoms with E-state index in [4.69, 9.17) is 4.42 Å². The van der Waals surface area contributed by atoms with Gasteiger partial charge >= 0.3 is 0 Å². The summed E-state index contributed by atoms with van der Waals surface area (Å²) in [5.74, 6) is 0.815. The molecule has 6 heteroatoms. The van der Waals surface area contributed by atoms with Crippen molar-refractivity contribution in [3.05, 3.63) is 89.4 Å². The molecule has 0 radical (unpaired) electrons. The second kappa shape index (κ2) is 11.8. The minimum atomic E-state index is -1.21. The Kier molecular flexibility index (Phi) is 8.82. The summed E-state index contributed by atoms with van der Waals surface area (Å²) in [5, 5.41) is 2.93. The van der Waals surface area contributed by atoms with Crippen LogP contribution in [0.4, 0.5) is 0 Å². The maximum atomic E-state index is 12.6. The summed E-state index contributed by atoms with van der Waals surface area (Å²) < 4.78 is 18.3. The number of nitrogens with zero attached hydrogens (tertiary/aromatic N) is 1. The molecule has 0 unspecified atom stereocenters. The molecular formula is C26H32N2O3S. The number of rotatable bonds is 11. The molecule has 3 aromatic rings. The average Bonchev–Trinajstić information content (AvgIpc) is 3.25. The zero-order valence-electron chi connectivity index (χ0n) is 19.0. The first-order valence-corrected chi connectivity index (χ1v) is 12.3. The Morgan fingerprint density at radius 2 is 1.75 bits per heavy atom. The fourth-order valence-corrected chi connectivity index (χ4v) is 4.73. The molecule has 1 aromatic heterocycles. The number of aryl methyl sites for hydroxylation is 1. The minimum Gasteiger partial charge on any atom is -0.455 e. The van der Waals surface area contributed by atoms with Gasteiger partial charge in [0.15, 0.2) is 5.76 Å². The molecule has 5 nitrogen and oxygen atoms in total.